The fourth-order valence-corrected chi connectivity index (χ4v) is 4.52. The first-order valence-corrected chi connectivity index (χ1v) is 12.2. The van der Waals surface area contributed by atoms with Crippen LogP contribution in [-0.2, 0) is 30.4 Å². The van der Waals surface area contributed by atoms with Crippen molar-refractivity contribution in [2.45, 2.75) is 63.7 Å². The first-order chi connectivity index (χ1) is 17.5. The number of aromatic nitrogens is 1. The van der Waals surface area contributed by atoms with E-state index in [1.807, 2.05) is 24.3 Å². The van der Waals surface area contributed by atoms with Crippen LogP contribution in [0.15, 0.2) is 30.5 Å². The van der Waals surface area contributed by atoms with Crippen molar-refractivity contribution in [2.75, 3.05) is 6.54 Å². The second kappa shape index (κ2) is 11.9. The van der Waals surface area contributed by atoms with E-state index in [9.17, 15) is 29.1 Å². The molecule has 1 aliphatic heterocycles. The van der Waals surface area contributed by atoms with Gasteiger partial charge < -0.3 is 36.5 Å². The number of hydrogen-bond acceptors (Lipinski definition) is 6. The van der Waals surface area contributed by atoms with Crippen LogP contribution in [0.3, 0.4) is 0 Å². The van der Waals surface area contributed by atoms with Gasteiger partial charge in [-0.2, -0.15) is 0 Å². The third-order valence-corrected chi connectivity index (χ3v) is 6.51. The lowest BCUT2D eigenvalue weighted by Crippen LogP contribution is -2.59. The van der Waals surface area contributed by atoms with Crippen molar-refractivity contribution >= 4 is 40.6 Å². The number of likely N-dealkylation sites (tertiary alicyclic amines) is 1. The molecule has 4 atom stereocenters. The maximum absolute atomic E-state index is 13.5. The van der Waals surface area contributed by atoms with E-state index in [0.717, 1.165) is 16.5 Å². The van der Waals surface area contributed by atoms with Crippen LogP contribution in [0, 0.1) is 5.92 Å². The molecule has 0 saturated carbocycles. The van der Waals surface area contributed by atoms with Crippen LogP contribution >= 0.6 is 0 Å². The molecular formula is C25H33N5O7. The Labute approximate surface area is 213 Å². The van der Waals surface area contributed by atoms with Crippen molar-refractivity contribution in [2.24, 2.45) is 11.7 Å². The highest BCUT2D eigenvalue weighted by Crippen LogP contribution is 2.22. The van der Waals surface area contributed by atoms with Gasteiger partial charge in [0.2, 0.25) is 17.7 Å². The molecule has 2 heterocycles. The number of nitrogens with zero attached hydrogens (tertiary/aromatic N) is 1. The van der Waals surface area contributed by atoms with E-state index in [4.69, 9.17) is 10.8 Å². The molecular weight excluding hydrogens is 482 g/mol. The van der Waals surface area contributed by atoms with E-state index in [0.29, 0.717) is 12.8 Å². The summed E-state index contributed by atoms with van der Waals surface area (Å²) in [5.74, 6) is -4.72. The predicted octanol–water partition coefficient (Wildman–Crippen LogP) is 0.214. The highest BCUT2D eigenvalue weighted by Gasteiger charge is 2.39. The van der Waals surface area contributed by atoms with Crippen LogP contribution in [0.1, 0.15) is 38.7 Å². The van der Waals surface area contributed by atoms with Gasteiger partial charge in [0.25, 0.3) is 0 Å². The lowest BCUT2D eigenvalue weighted by atomic mass is 9.99. The number of para-hydroxylation sites is 1. The second-order valence-electron chi connectivity index (χ2n) is 9.59. The zero-order chi connectivity index (χ0) is 27.3. The van der Waals surface area contributed by atoms with Crippen LogP contribution in [0.5, 0.6) is 0 Å². The Kier molecular flexibility index (Phi) is 8.87. The van der Waals surface area contributed by atoms with Crippen molar-refractivity contribution in [3.8, 4) is 0 Å². The first kappa shape index (κ1) is 27.7. The van der Waals surface area contributed by atoms with Crippen molar-refractivity contribution in [3.05, 3.63) is 36.0 Å². The minimum absolute atomic E-state index is 0.0435. The zero-order valence-electron chi connectivity index (χ0n) is 20.8. The lowest BCUT2D eigenvalue weighted by molar-refractivity contribution is -0.150. The number of carbonyl (C=O) groups is 5. The molecule has 4 unspecified atom stereocenters. The molecule has 12 nitrogen and oxygen atoms in total. The standard InChI is InChI=1S/C25H33N5O7/c1-13(2)21(24(35)30-9-5-8-19(30)25(36)37)29-23(34)18(28-22(33)16(26)11-20(31)32)10-14-12-27-17-7-4-3-6-15(14)17/h3-4,6-7,12-13,16,18-19,21,27H,5,8-11,26H2,1-2H3,(H,28,33)(H,29,34)(H,31,32)(H,36,37). The summed E-state index contributed by atoms with van der Waals surface area (Å²) in [6.07, 6.45) is 2.01. The minimum Gasteiger partial charge on any atom is -0.481 e. The Morgan fingerprint density at radius 2 is 1.81 bits per heavy atom. The number of fused-ring (bicyclic) bond motifs is 1. The van der Waals surface area contributed by atoms with Gasteiger partial charge >= 0.3 is 11.9 Å². The molecule has 7 N–H and O–H groups in total. The number of aromatic amines is 1. The molecule has 0 bridgehead atoms. The van der Waals surface area contributed by atoms with Gasteiger partial charge in [-0.1, -0.05) is 32.0 Å². The van der Waals surface area contributed by atoms with Crippen LogP contribution in [-0.4, -0.2) is 80.5 Å². The van der Waals surface area contributed by atoms with Crippen molar-refractivity contribution < 1.29 is 34.2 Å². The molecule has 1 aromatic carbocycles. The normalized spacial score (nSPS) is 17.8. The minimum atomic E-state index is -1.38. The smallest absolute Gasteiger partial charge is 0.326 e. The van der Waals surface area contributed by atoms with Gasteiger partial charge in [0.15, 0.2) is 0 Å². The summed E-state index contributed by atoms with van der Waals surface area (Å²) in [5, 5.41) is 24.5. The fourth-order valence-electron chi connectivity index (χ4n) is 4.52. The topological polar surface area (TPSA) is 195 Å². The molecule has 2 aromatic rings. The monoisotopic (exact) mass is 515 g/mol. The van der Waals surface area contributed by atoms with Gasteiger partial charge in [0.1, 0.15) is 18.1 Å². The summed E-state index contributed by atoms with van der Waals surface area (Å²) in [6, 6.07) is 2.86. The van der Waals surface area contributed by atoms with Crippen molar-refractivity contribution in [1.29, 1.82) is 0 Å². The average molecular weight is 516 g/mol. The number of aliphatic carboxylic acids is 2. The molecule has 12 heteroatoms. The van der Waals surface area contributed by atoms with E-state index >= 15 is 0 Å². The number of nitrogens with two attached hydrogens (primary N) is 1. The summed E-state index contributed by atoms with van der Waals surface area (Å²) in [5.41, 5.74) is 7.26. The summed E-state index contributed by atoms with van der Waals surface area (Å²) in [7, 11) is 0. The number of benzene rings is 1. The van der Waals surface area contributed by atoms with Gasteiger partial charge in [-0.25, -0.2) is 4.79 Å². The van der Waals surface area contributed by atoms with Gasteiger partial charge in [-0.3, -0.25) is 19.2 Å². The van der Waals surface area contributed by atoms with Crippen LogP contribution in [0.4, 0.5) is 0 Å². The summed E-state index contributed by atoms with van der Waals surface area (Å²) in [6.45, 7) is 3.73. The Morgan fingerprint density at radius 3 is 2.46 bits per heavy atom. The largest absolute Gasteiger partial charge is 0.481 e. The number of carbonyl (C=O) groups excluding carboxylic acids is 3. The molecule has 0 spiro atoms. The van der Waals surface area contributed by atoms with Crippen LogP contribution in [0.25, 0.3) is 10.9 Å². The van der Waals surface area contributed by atoms with Gasteiger partial charge in [-0.15, -0.1) is 0 Å². The summed E-state index contributed by atoms with van der Waals surface area (Å²) >= 11 is 0. The predicted molar refractivity (Wildman–Crippen MR) is 133 cm³/mol. The molecule has 0 aliphatic carbocycles. The second-order valence-corrected chi connectivity index (χ2v) is 9.59. The summed E-state index contributed by atoms with van der Waals surface area (Å²) < 4.78 is 0. The third kappa shape index (κ3) is 6.64. The number of nitrogens with one attached hydrogen (secondary N) is 3. The number of carboxylic acid groups (broad SMARTS) is 2. The van der Waals surface area contributed by atoms with Crippen molar-refractivity contribution in [1.82, 2.24) is 20.5 Å². The Balaban J connectivity index is 1.84. The molecule has 3 rings (SSSR count). The van der Waals surface area contributed by atoms with Crippen LogP contribution < -0.4 is 16.4 Å². The average Bonchev–Trinajstić information content (AvgIpc) is 3.48. The first-order valence-electron chi connectivity index (χ1n) is 12.2. The fraction of sp³-hybridized carbons (Fsp3) is 0.480. The van der Waals surface area contributed by atoms with E-state index in [2.05, 4.69) is 15.6 Å². The molecule has 3 amide bonds. The Morgan fingerprint density at radius 1 is 1.11 bits per heavy atom. The maximum atomic E-state index is 13.5. The van der Waals surface area contributed by atoms with Gasteiger partial charge in [-0.05, 0) is 30.4 Å². The Bertz CT molecular complexity index is 1180. The number of rotatable bonds is 11. The zero-order valence-corrected chi connectivity index (χ0v) is 20.8. The number of H-pyrrole nitrogens is 1. The van der Waals surface area contributed by atoms with Gasteiger partial charge in [0, 0.05) is 30.1 Å². The molecule has 1 saturated heterocycles. The van der Waals surface area contributed by atoms with E-state index in [1.165, 1.54) is 4.90 Å². The Hall–Kier alpha value is -3.93. The number of hydrogen-bond donors (Lipinski definition) is 6. The molecule has 1 aliphatic rings. The van der Waals surface area contributed by atoms with Gasteiger partial charge in [0.05, 0.1) is 12.5 Å². The third-order valence-electron chi connectivity index (χ3n) is 6.51. The lowest BCUT2D eigenvalue weighted by Gasteiger charge is -2.30. The van der Waals surface area contributed by atoms with Crippen LogP contribution in [0.2, 0.25) is 0 Å². The molecule has 200 valence electrons. The van der Waals surface area contributed by atoms with E-state index < -0.39 is 60.2 Å². The highest BCUT2D eigenvalue weighted by molar-refractivity contribution is 5.95. The van der Waals surface area contributed by atoms with E-state index in [-0.39, 0.29) is 18.9 Å². The quantitative estimate of drug-likeness (QED) is 0.244. The maximum Gasteiger partial charge on any atom is 0.326 e. The number of carboxylic acids is 2. The van der Waals surface area contributed by atoms with E-state index in [1.54, 1.807) is 20.0 Å². The molecule has 1 fully saturated rings. The molecule has 0 radical (unpaired) electrons. The van der Waals surface area contributed by atoms with Crippen molar-refractivity contribution in [3.63, 3.8) is 0 Å². The SMILES string of the molecule is CC(C)C(NC(=O)C(Cc1c[nH]c2ccccc12)NC(=O)C(N)CC(=O)O)C(=O)N1CCCC1C(=O)O. The summed E-state index contributed by atoms with van der Waals surface area (Å²) in [4.78, 5) is 66.3. The molecule has 37 heavy (non-hydrogen) atoms. The number of amides is 3. The highest BCUT2D eigenvalue weighted by atomic mass is 16.4. The molecule has 1 aromatic heterocycles.